The number of nitrogens with two attached hydrogens (primary N) is 1. The average molecular weight is 776 g/mol. The van der Waals surface area contributed by atoms with Crippen molar-refractivity contribution in [1.82, 2.24) is 0 Å². The Morgan fingerprint density at radius 3 is 0.833 bits per heavy atom. The Balaban J connectivity index is 1.60. The molecule has 13 heteroatoms. The number of hydrogen-bond acceptors (Lipinski definition) is 13. The summed E-state index contributed by atoms with van der Waals surface area (Å²) in [5.41, 5.74) is 6.36. The van der Waals surface area contributed by atoms with Gasteiger partial charge in [0.25, 0.3) is 0 Å². The van der Waals surface area contributed by atoms with E-state index in [0.29, 0.717) is 151 Å². The minimum atomic E-state index is 0.477. The van der Waals surface area contributed by atoms with Gasteiger partial charge in [-0.25, -0.2) is 0 Å². The van der Waals surface area contributed by atoms with Crippen LogP contribution in [0.4, 0.5) is 5.69 Å². The molecule has 13 nitrogen and oxygen atoms in total. The van der Waals surface area contributed by atoms with Crippen molar-refractivity contribution in [3.8, 4) is 5.75 Å². The summed E-state index contributed by atoms with van der Waals surface area (Å²) in [5, 5.41) is 0. The summed E-state index contributed by atoms with van der Waals surface area (Å²) in [5.74, 6) is 0.774. The van der Waals surface area contributed by atoms with Gasteiger partial charge in [-0.1, -0.05) is 71.1 Å². The fourth-order valence-electron chi connectivity index (χ4n) is 4.95. The van der Waals surface area contributed by atoms with E-state index in [4.69, 9.17) is 62.6 Å². The van der Waals surface area contributed by atoms with Crippen molar-refractivity contribution in [2.75, 3.05) is 158 Å². The molecule has 0 spiro atoms. The summed E-state index contributed by atoms with van der Waals surface area (Å²) in [6, 6.07) is 7.28. The van der Waals surface area contributed by atoms with E-state index in [2.05, 4.69) is 6.92 Å². The molecule has 0 aromatic heterocycles. The predicted molar refractivity (Wildman–Crippen MR) is 212 cm³/mol. The maximum Gasteiger partial charge on any atom is 0.119 e. The van der Waals surface area contributed by atoms with Crippen LogP contribution < -0.4 is 10.5 Å². The van der Waals surface area contributed by atoms with Crippen LogP contribution in [-0.2, 0) is 52.1 Å². The molecule has 54 heavy (non-hydrogen) atoms. The van der Waals surface area contributed by atoms with Crippen LogP contribution in [-0.4, -0.2) is 152 Å². The first-order valence-electron chi connectivity index (χ1n) is 20.7. The average Bonchev–Trinajstić information content (AvgIpc) is 3.18. The summed E-state index contributed by atoms with van der Waals surface area (Å²) in [4.78, 5) is 0. The molecule has 2 N–H and O–H groups in total. The molecule has 0 saturated heterocycles. The lowest BCUT2D eigenvalue weighted by Crippen LogP contribution is -2.15. The highest BCUT2D eigenvalue weighted by Gasteiger charge is 1.98. The molecule has 0 unspecified atom stereocenters. The molecule has 0 radical (unpaired) electrons. The standard InChI is InChI=1S/C41H77NO12/c1-2-3-4-5-6-7-8-9-10-11-12-17-43-18-19-44-20-21-45-22-23-46-24-25-47-26-27-48-28-29-49-30-31-50-32-33-51-34-35-52-36-37-53-38-39-54-41-15-13-40(42)14-16-41/h13-16H,2-12,17-39,42H2,1H3. The zero-order valence-electron chi connectivity index (χ0n) is 33.8. The van der Waals surface area contributed by atoms with Gasteiger partial charge in [0, 0.05) is 12.3 Å². The number of anilines is 1. The summed E-state index contributed by atoms with van der Waals surface area (Å²) < 4.78 is 66.3. The second kappa shape index (κ2) is 44.1. The Labute approximate surface area is 327 Å². The van der Waals surface area contributed by atoms with Crippen molar-refractivity contribution in [3.63, 3.8) is 0 Å². The molecule has 0 aliphatic rings. The largest absolute Gasteiger partial charge is 0.491 e. The van der Waals surface area contributed by atoms with Crippen molar-refractivity contribution in [1.29, 1.82) is 0 Å². The van der Waals surface area contributed by atoms with E-state index in [1.54, 1.807) is 12.1 Å². The van der Waals surface area contributed by atoms with Gasteiger partial charge in [0.15, 0.2) is 0 Å². The van der Waals surface area contributed by atoms with Crippen LogP contribution in [0.1, 0.15) is 77.6 Å². The first-order valence-corrected chi connectivity index (χ1v) is 20.7. The first-order chi connectivity index (χ1) is 26.8. The Bertz CT molecular complexity index is 839. The lowest BCUT2D eigenvalue weighted by molar-refractivity contribution is -0.0277. The van der Waals surface area contributed by atoms with E-state index in [0.717, 1.165) is 18.8 Å². The third kappa shape index (κ3) is 40.1. The van der Waals surface area contributed by atoms with Crippen LogP contribution in [0, 0.1) is 0 Å². The van der Waals surface area contributed by atoms with Crippen LogP contribution >= 0.6 is 0 Å². The molecule has 1 aromatic carbocycles. The second-order valence-corrected chi connectivity index (χ2v) is 12.7. The van der Waals surface area contributed by atoms with Gasteiger partial charge >= 0.3 is 0 Å². The number of ether oxygens (including phenoxy) is 12. The van der Waals surface area contributed by atoms with Gasteiger partial charge in [0.05, 0.1) is 139 Å². The van der Waals surface area contributed by atoms with Crippen molar-refractivity contribution < 1.29 is 56.8 Å². The molecule has 318 valence electrons. The maximum absolute atomic E-state index is 5.66. The monoisotopic (exact) mass is 776 g/mol. The molecule has 0 bridgehead atoms. The Hall–Kier alpha value is -1.62. The van der Waals surface area contributed by atoms with Crippen LogP contribution in [0.15, 0.2) is 24.3 Å². The van der Waals surface area contributed by atoms with Crippen LogP contribution in [0.25, 0.3) is 0 Å². The van der Waals surface area contributed by atoms with Crippen molar-refractivity contribution in [2.24, 2.45) is 0 Å². The summed E-state index contributed by atoms with van der Waals surface area (Å²) in [7, 11) is 0. The van der Waals surface area contributed by atoms with Crippen molar-refractivity contribution >= 4 is 5.69 Å². The molecular weight excluding hydrogens is 698 g/mol. The van der Waals surface area contributed by atoms with E-state index >= 15 is 0 Å². The first kappa shape index (κ1) is 50.4. The van der Waals surface area contributed by atoms with Gasteiger partial charge in [-0.15, -0.1) is 0 Å². The Morgan fingerprint density at radius 2 is 0.537 bits per heavy atom. The molecule has 0 aliphatic heterocycles. The number of benzene rings is 1. The molecule has 0 aliphatic carbocycles. The highest BCUT2D eigenvalue weighted by molar-refractivity contribution is 5.41. The lowest BCUT2D eigenvalue weighted by Gasteiger charge is -2.09. The molecular formula is C41H77NO12. The predicted octanol–water partition coefficient (Wildman–Crippen LogP) is 6.14. The Kier molecular flexibility index (Phi) is 41.2. The number of nitrogen functional groups attached to an aromatic ring is 1. The molecule has 0 atom stereocenters. The highest BCUT2D eigenvalue weighted by atomic mass is 16.6. The van der Waals surface area contributed by atoms with Gasteiger partial charge < -0.3 is 62.6 Å². The third-order valence-electron chi connectivity index (χ3n) is 7.99. The van der Waals surface area contributed by atoms with Crippen LogP contribution in [0.5, 0.6) is 5.75 Å². The second-order valence-electron chi connectivity index (χ2n) is 12.7. The topological polar surface area (TPSA) is 137 Å². The Morgan fingerprint density at radius 1 is 0.296 bits per heavy atom. The fourth-order valence-corrected chi connectivity index (χ4v) is 4.95. The molecule has 0 heterocycles. The summed E-state index contributed by atoms with van der Waals surface area (Å²) in [6.45, 7) is 14.7. The van der Waals surface area contributed by atoms with Crippen LogP contribution in [0.3, 0.4) is 0 Å². The number of rotatable bonds is 46. The van der Waals surface area contributed by atoms with E-state index in [9.17, 15) is 0 Å². The number of unbranched alkanes of at least 4 members (excludes halogenated alkanes) is 10. The zero-order valence-corrected chi connectivity index (χ0v) is 33.8. The summed E-state index contributed by atoms with van der Waals surface area (Å²) >= 11 is 0. The molecule has 1 rings (SSSR count). The van der Waals surface area contributed by atoms with Gasteiger partial charge in [-0.3, -0.25) is 0 Å². The summed E-state index contributed by atoms with van der Waals surface area (Å²) in [6.07, 6.45) is 14.9. The number of hydrogen-bond donors (Lipinski definition) is 1. The minimum Gasteiger partial charge on any atom is -0.491 e. The quantitative estimate of drug-likeness (QED) is 0.0601. The van der Waals surface area contributed by atoms with E-state index in [-0.39, 0.29) is 0 Å². The van der Waals surface area contributed by atoms with Crippen LogP contribution in [0.2, 0.25) is 0 Å². The van der Waals surface area contributed by atoms with Crippen molar-refractivity contribution in [2.45, 2.75) is 77.6 Å². The molecule has 1 aromatic rings. The van der Waals surface area contributed by atoms with E-state index in [1.165, 1.54) is 64.2 Å². The van der Waals surface area contributed by atoms with Gasteiger partial charge in [-0.2, -0.15) is 0 Å². The fraction of sp³-hybridized carbons (Fsp3) is 0.854. The maximum atomic E-state index is 5.66. The zero-order chi connectivity index (χ0) is 38.5. The lowest BCUT2D eigenvalue weighted by atomic mass is 10.1. The van der Waals surface area contributed by atoms with Gasteiger partial charge in [0.1, 0.15) is 12.4 Å². The highest BCUT2D eigenvalue weighted by Crippen LogP contribution is 2.13. The van der Waals surface area contributed by atoms with Crippen molar-refractivity contribution in [3.05, 3.63) is 24.3 Å². The normalized spacial score (nSPS) is 11.5. The molecule has 0 fully saturated rings. The van der Waals surface area contributed by atoms with Gasteiger partial charge in [0.2, 0.25) is 0 Å². The third-order valence-corrected chi connectivity index (χ3v) is 7.99. The SMILES string of the molecule is CCCCCCCCCCCCCOCCOCCOCCOCCOCCOCCOCCOCCOCCOCCOCCOc1ccc(N)cc1. The molecule has 0 amide bonds. The molecule has 0 saturated carbocycles. The minimum absolute atomic E-state index is 0.477. The van der Waals surface area contributed by atoms with E-state index in [1.807, 2.05) is 12.1 Å². The smallest absolute Gasteiger partial charge is 0.119 e. The van der Waals surface area contributed by atoms with E-state index < -0.39 is 0 Å². The van der Waals surface area contributed by atoms with Gasteiger partial charge in [-0.05, 0) is 30.7 Å².